The van der Waals surface area contributed by atoms with E-state index in [9.17, 15) is 10.1 Å². The molecule has 0 atom stereocenters. The highest BCUT2D eigenvalue weighted by Gasteiger charge is 2.27. The molecule has 0 aliphatic carbocycles. The summed E-state index contributed by atoms with van der Waals surface area (Å²) in [5, 5.41) is 13.7. The van der Waals surface area contributed by atoms with Gasteiger partial charge in [0.05, 0.1) is 4.92 Å². The summed E-state index contributed by atoms with van der Waals surface area (Å²) < 4.78 is 11.4. The number of nitro groups is 1. The summed E-state index contributed by atoms with van der Waals surface area (Å²) in [5.41, 5.74) is 1.52. The van der Waals surface area contributed by atoms with E-state index < -0.39 is 10.6 Å². The van der Waals surface area contributed by atoms with Crippen molar-refractivity contribution in [2.75, 3.05) is 0 Å². The van der Waals surface area contributed by atoms with Crippen LogP contribution >= 0.6 is 0 Å². The number of benzene rings is 3. The third-order valence-electron chi connectivity index (χ3n) is 4.28. The molecule has 29 heavy (non-hydrogen) atoms. The van der Waals surface area contributed by atoms with E-state index in [0.29, 0.717) is 11.5 Å². The Hall–Kier alpha value is -4.00. The van der Waals surface area contributed by atoms with E-state index in [-0.39, 0.29) is 11.8 Å². The molecule has 0 radical (unpaired) electrons. The highest BCUT2D eigenvalue weighted by Crippen LogP contribution is 2.38. The summed E-state index contributed by atoms with van der Waals surface area (Å²) in [6, 6.07) is 18.7. The van der Waals surface area contributed by atoms with Crippen LogP contribution in [0.25, 0.3) is 10.8 Å². The van der Waals surface area contributed by atoms with Gasteiger partial charge in [0.2, 0.25) is 0 Å². The maximum absolute atomic E-state index is 11.7. The fraction of sp³-hybridized carbons (Fsp3) is 0.0909. The number of nitrogens with zero attached hydrogens (tertiary/aromatic N) is 3. The van der Waals surface area contributed by atoms with Crippen molar-refractivity contribution in [3.05, 3.63) is 88.2 Å². The Morgan fingerprint density at radius 1 is 0.793 bits per heavy atom. The molecule has 3 aromatic carbocycles. The Labute approximate surface area is 166 Å². The van der Waals surface area contributed by atoms with Crippen LogP contribution in [0.5, 0.6) is 23.3 Å². The predicted octanol–water partition coefficient (Wildman–Crippen LogP) is 5.74. The first-order valence-corrected chi connectivity index (χ1v) is 8.92. The van der Waals surface area contributed by atoms with E-state index in [0.717, 1.165) is 21.9 Å². The van der Waals surface area contributed by atoms with Gasteiger partial charge in [-0.25, -0.2) is 0 Å². The van der Waals surface area contributed by atoms with Crippen molar-refractivity contribution in [3.8, 4) is 23.3 Å². The van der Waals surface area contributed by atoms with Gasteiger partial charge < -0.3 is 9.47 Å². The van der Waals surface area contributed by atoms with Crippen molar-refractivity contribution in [1.82, 2.24) is 9.97 Å². The Morgan fingerprint density at radius 3 is 2.07 bits per heavy atom. The second kappa shape index (κ2) is 7.55. The minimum absolute atomic E-state index is 0.175. The lowest BCUT2D eigenvalue weighted by Gasteiger charge is -2.10. The number of rotatable bonds is 5. The number of aromatic nitrogens is 2. The average molecular weight is 387 g/mol. The van der Waals surface area contributed by atoms with Crippen molar-refractivity contribution in [2.24, 2.45) is 0 Å². The molecular weight excluding hydrogens is 370 g/mol. The molecule has 7 nitrogen and oxygen atoms in total. The van der Waals surface area contributed by atoms with Crippen LogP contribution in [0, 0.1) is 24.0 Å². The molecule has 0 N–H and O–H groups in total. The standard InChI is InChI=1S/C22H17N3O4/c1-14-9-15(2)11-19(10-14)29-22-20(25(26)27)21(23-13-24-22)28-18-8-7-16-5-3-4-6-17(16)12-18/h3-13H,1-2H3. The Morgan fingerprint density at radius 2 is 1.41 bits per heavy atom. The van der Waals surface area contributed by atoms with Gasteiger partial charge in [-0.15, -0.1) is 0 Å². The van der Waals surface area contributed by atoms with Crippen LogP contribution in [0.1, 0.15) is 11.1 Å². The maximum Gasteiger partial charge on any atom is 0.393 e. The third kappa shape index (κ3) is 3.98. The molecule has 4 rings (SSSR count). The number of hydrogen-bond acceptors (Lipinski definition) is 6. The Kier molecular flexibility index (Phi) is 4.78. The van der Waals surface area contributed by atoms with Gasteiger partial charge in [0, 0.05) is 0 Å². The van der Waals surface area contributed by atoms with Gasteiger partial charge in [-0.2, -0.15) is 9.97 Å². The summed E-state index contributed by atoms with van der Waals surface area (Å²) in [4.78, 5) is 19.0. The van der Waals surface area contributed by atoms with Crippen molar-refractivity contribution in [2.45, 2.75) is 13.8 Å². The van der Waals surface area contributed by atoms with Gasteiger partial charge in [0.25, 0.3) is 0 Å². The highest BCUT2D eigenvalue weighted by molar-refractivity contribution is 5.83. The molecule has 1 heterocycles. The van der Waals surface area contributed by atoms with E-state index in [1.165, 1.54) is 6.33 Å². The van der Waals surface area contributed by atoms with Gasteiger partial charge in [0.15, 0.2) is 0 Å². The average Bonchev–Trinajstić information content (AvgIpc) is 2.67. The highest BCUT2D eigenvalue weighted by atomic mass is 16.6. The second-order valence-electron chi connectivity index (χ2n) is 6.63. The van der Waals surface area contributed by atoms with E-state index in [4.69, 9.17) is 9.47 Å². The summed E-state index contributed by atoms with van der Waals surface area (Å²) in [6.07, 6.45) is 1.18. The zero-order valence-corrected chi connectivity index (χ0v) is 15.8. The smallest absolute Gasteiger partial charge is 0.393 e. The molecule has 0 unspecified atom stereocenters. The van der Waals surface area contributed by atoms with Crippen molar-refractivity contribution in [3.63, 3.8) is 0 Å². The third-order valence-corrected chi connectivity index (χ3v) is 4.28. The lowest BCUT2D eigenvalue weighted by atomic mass is 10.1. The predicted molar refractivity (Wildman–Crippen MR) is 109 cm³/mol. The molecule has 0 aliphatic heterocycles. The van der Waals surface area contributed by atoms with Gasteiger partial charge in [-0.05, 0) is 60.0 Å². The minimum Gasteiger partial charge on any atom is -0.433 e. The molecule has 0 amide bonds. The van der Waals surface area contributed by atoms with Gasteiger partial charge >= 0.3 is 17.4 Å². The minimum atomic E-state index is -0.603. The van der Waals surface area contributed by atoms with Crippen LogP contribution in [-0.2, 0) is 0 Å². The summed E-state index contributed by atoms with van der Waals surface area (Å²) >= 11 is 0. The van der Waals surface area contributed by atoms with Crippen LogP contribution < -0.4 is 9.47 Å². The molecule has 1 aromatic heterocycles. The van der Waals surface area contributed by atoms with E-state index in [1.807, 2.05) is 50.2 Å². The van der Waals surface area contributed by atoms with Crippen LogP contribution in [0.15, 0.2) is 67.0 Å². The molecule has 144 valence electrons. The van der Waals surface area contributed by atoms with E-state index >= 15 is 0 Å². The Balaban J connectivity index is 1.71. The molecule has 7 heteroatoms. The first kappa shape index (κ1) is 18.4. The molecule has 0 aliphatic rings. The van der Waals surface area contributed by atoms with Crippen LogP contribution in [-0.4, -0.2) is 14.9 Å². The fourth-order valence-electron chi connectivity index (χ4n) is 3.10. The number of fused-ring (bicyclic) bond motifs is 1. The first-order valence-electron chi connectivity index (χ1n) is 8.92. The Bertz CT molecular complexity index is 1200. The second-order valence-corrected chi connectivity index (χ2v) is 6.63. The molecule has 4 aromatic rings. The van der Waals surface area contributed by atoms with Crippen LogP contribution in [0.4, 0.5) is 5.69 Å². The molecule has 0 fully saturated rings. The van der Waals surface area contributed by atoms with Crippen molar-refractivity contribution in [1.29, 1.82) is 0 Å². The SMILES string of the molecule is Cc1cc(C)cc(Oc2ncnc(Oc3ccc4ccccc4c3)c2[N+](=O)[O-])c1. The van der Waals surface area contributed by atoms with Gasteiger partial charge in [0.1, 0.15) is 17.8 Å². The van der Waals surface area contributed by atoms with Gasteiger partial charge in [-0.3, -0.25) is 10.1 Å². The molecule has 0 saturated carbocycles. The number of hydrogen-bond donors (Lipinski definition) is 0. The zero-order chi connectivity index (χ0) is 20.4. The first-order chi connectivity index (χ1) is 14.0. The lowest BCUT2D eigenvalue weighted by molar-refractivity contribution is -0.387. The summed E-state index contributed by atoms with van der Waals surface area (Å²) in [5.74, 6) is 0.536. The van der Waals surface area contributed by atoms with Crippen LogP contribution in [0.3, 0.4) is 0 Å². The summed E-state index contributed by atoms with van der Waals surface area (Å²) in [6.45, 7) is 3.84. The summed E-state index contributed by atoms with van der Waals surface area (Å²) in [7, 11) is 0. The van der Waals surface area contributed by atoms with Crippen molar-refractivity contribution >= 4 is 16.5 Å². The van der Waals surface area contributed by atoms with Gasteiger partial charge in [-0.1, -0.05) is 36.4 Å². The molecule has 0 saturated heterocycles. The molecule has 0 bridgehead atoms. The normalized spacial score (nSPS) is 10.7. The maximum atomic E-state index is 11.7. The fourth-order valence-corrected chi connectivity index (χ4v) is 3.10. The quantitative estimate of drug-likeness (QED) is 0.320. The van der Waals surface area contributed by atoms with E-state index in [1.54, 1.807) is 24.3 Å². The molecule has 0 spiro atoms. The number of aryl methyl sites for hydroxylation is 2. The lowest BCUT2D eigenvalue weighted by Crippen LogP contribution is -2.01. The van der Waals surface area contributed by atoms with E-state index in [2.05, 4.69) is 9.97 Å². The van der Waals surface area contributed by atoms with Crippen molar-refractivity contribution < 1.29 is 14.4 Å². The monoisotopic (exact) mass is 387 g/mol. The topological polar surface area (TPSA) is 87.4 Å². The zero-order valence-electron chi connectivity index (χ0n) is 15.8. The van der Waals surface area contributed by atoms with Crippen LogP contribution in [0.2, 0.25) is 0 Å². The largest absolute Gasteiger partial charge is 0.433 e. The molecular formula is C22H17N3O4. The number of ether oxygens (including phenoxy) is 2.